The van der Waals surface area contributed by atoms with Crippen LogP contribution in [0.1, 0.15) is 22.8 Å². The number of carbonyl (C=O) groups is 1. The number of nitrogens with zero attached hydrogens (tertiary/aromatic N) is 1. The van der Waals surface area contributed by atoms with Crippen LogP contribution in [0.25, 0.3) is 0 Å². The Kier molecular flexibility index (Phi) is 4.66. The summed E-state index contributed by atoms with van der Waals surface area (Å²) in [6, 6.07) is 6.53. The van der Waals surface area contributed by atoms with Gasteiger partial charge in [0, 0.05) is 18.2 Å². The second kappa shape index (κ2) is 6.29. The van der Waals surface area contributed by atoms with Crippen molar-refractivity contribution in [3.8, 4) is 11.8 Å². The van der Waals surface area contributed by atoms with Gasteiger partial charge in [0.25, 0.3) is 5.91 Å². The number of benzene rings is 1. The molecule has 0 bridgehead atoms. The molecule has 21 heavy (non-hydrogen) atoms. The molecule has 0 aliphatic carbocycles. The number of aliphatic hydroxyl groups is 1. The van der Waals surface area contributed by atoms with Crippen LogP contribution in [0.3, 0.4) is 0 Å². The molecule has 1 saturated heterocycles. The van der Waals surface area contributed by atoms with Gasteiger partial charge in [-0.1, -0.05) is 24.0 Å². The first-order valence-corrected chi connectivity index (χ1v) is 8.47. The highest BCUT2D eigenvalue weighted by Gasteiger charge is 2.32. The van der Waals surface area contributed by atoms with Gasteiger partial charge >= 0.3 is 0 Å². The Hall–Kier alpha value is -1.84. The summed E-state index contributed by atoms with van der Waals surface area (Å²) in [5, 5.41) is 8.77. The number of hydrogen-bond donors (Lipinski definition) is 1. The first-order valence-electron chi connectivity index (χ1n) is 6.65. The van der Waals surface area contributed by atoms with Crippen molar-refractivity contribution < 1.29 is 18.3 Å². The summed E-state index contributed by atoms with van der Waals surface area (Å²) in [4.78, 5) is 14.2. The molecule has 0 aromatic heterocycles. The molecule has 1 amide bonds. The van der Waals surface area contributed by atoms with Gasteiger partial charge in [-0.05, 0) is 19.1 Å². The molecule has 6 heteroatoms. The van der Waals surface area contributed by atoms with Gasteiger partial charge in [0.15, 0.2) is 9.84 Å². The van der Waals surface area contributed by atoms with E-state index in [1.807, 2.05) is 0 Å². The van der Waals surface area contributed by atoms with Crippen molar-refractivity contribution >= 4 is 15.7 Å². The van der Waals surface area contributed by atoms with E-state index in [0.717, 1.165) is 0 Å². The van der Waals surface area contributed by atoms with Crippen molar-refractivity contribution in [2.75, 3.05) is 24.7 Å². The van der Waals surface area contributed by atoms with E-state index in [1.165, 1.54) is 0 Å². The molecule has 1 N–H and O–H groups in total. The van der Waals surface area contributed by atoms with Gasteiger partial charge in [-0.25, -0.2) is 8.42 Å². The highest BCUT2D eigenvalue weighted by atomic mass is 32.2. The van der Waals surface area contributed by atoms with Crippen LogP contribution in [0.5, 0.6) is 0 Å². The fraction of sp³-hybridized carbons (Fsp3) is 0.400. The number of sulfone groups is 1. The molecule has 0 radical (unpaired) electrons. The van der Waals surface area contributed by atoms with Crippen LogP contribution in [0.2, 0.25) is 0 Å². The minimum atomic E-state index is -3.06. The van der Waals surface area contributed by atoms with E-state index < -0.39 is 9.84 Å². The maximum absolute atomic E-state index is 12.6. The number of carbonyl (C=O) groups excluding carboxylic acids is 1. The number of rotatable bonds is 1. The minimum Gasteiger partial charge on any atom is -0.384 e. The van der Waals surface area contributed by atoms with E-state index in [2.05, 4.69) is 11.8 Å². The lowest BCUT2D eigenvalue weighted by Gasteiger charge is -2.33. The fourth-order valence-electron chi connectivity index (χ4n) is 2.37. The van der Waals surface area contributed by atoms with Crippen LogP contribution in [-0.2, 0) is 9.84 Å². The average molecular weight is 307 g/mol. The summed E-state index contributed by atoms with van der Waals surface area (Å²) >= 11 is 0. The van der Waals surface area contributed by atoms with E-state index in [4.69, 9.17) is 5.11 Å². The SMILES string of the molecule is CC1CS(=O)(=O)CCN1C(=O)c1ccccc1C#CCO. The standard InChI is InChI=1S/C15H17NO4S/c1-12-11-21(19,20)10-8-16(12)15(18)14-7-3-2-5-13(14)6-4-9-17/h2-3,5,7,12,17H,8-11H2,1H3. The lowest BCUT2D eigenvalue weighted by Crippen LogP contribution is -2.49. The zero-order valence-corrected chi connectivity index (χ0v) is 12.6. The van der Waals surface area contributed by atoms with Crippen molar-refractivity contribution in [2.24, 2.45) is 0 Å². The third-order valence-electron chi connectivity index (χ3n) is 3.39. The molecular formula is C15H17NO4S. The third-order valence-corrected chi connectivity index (χ3v) is 5.19. The number of amides is 1. The highest BCUT2D eigenvalue weighted by molar-refractivity contribution is 7.91. The molecule has 1 aromatic carbocycles. The first-order chi connectivity index (χ1) is 9.94. The summed E-state index contributed by atoms with van der Waals surface area (Å²) in [7, 11) is -3.06. The van der Waals surface area contributed by atoms with Crippen LogP contribution < -0.4 is 0 Å². The molecule has 5 nitrogen and oxygen atoms in total. The van der Waals surface area contributed by atoms with E-state index in [0.29, 0.717) is 11.1 Å². The number of hydrogen-bond acceptors (Lipinski definition) is 4. The van der Waals surface area contributed by atoms with E-state index in [9.17, 15) is 13.2 Å². The molecule has 112 valence electrons. The third kappa shape index (κ3) is 3.63. The summed E-state index contributed by atoms with van der Waals surface area (Å²) in [5.74, 6) is 5.04. The molecule has 1 atom stereocenters. The molecule has 1 aliphatic heterocycles. The van der Waals surface area contributed by atoms with Gasteiger partial charge in [-0.15, -0.1) is 0 Å². The summed E-state index contributed by atoms with van der Waals surface area (Å²) in [5.41, 5.74) is 0.974. The van der Waals surface area contributed by atoms with Crippen LogP contribution in [0.4, 0.5) is 0 Å². The Balaban J connectivity index is 2.29. The zero-order valence-electron chi connectivity index (χ0n) is 11.7. The average Bonchev–Trinajstić information content (AvgIpc) is 2.44. The van der Waals surface area contributed by atoms with E-state index in [1.54, 1.807) is 36.1 Å². The Morgan fingerprint density at radius 1 is 1.43 bits per heavy atom. The van der Waals surface area contributed by atoms with E-state index >= 15 is 0 Å². The van der Waals surface area contributed by atoms with Crippen molar-refractivity contribution in [3.63, 3.8) is 0 Å². The van der Waals surface area contributed by atoms with Crippen molar-refractivity contribution in [3.05, 3.63) is 35.4 Å². The fourth-order valence-corrected chi connectivity index (χ4v) is 3.92. The van der Waals surface area contributed by atoms with Gasteiger partial charge in [-0.3, -0.25) is 4.79 Å². The molecule has 0 saturated carbocycles. The van der Waals surface area contributed by atoms with Gasteiger partial charge < -0.3 is 10.0 Å². The topological polar surface area (TPSA) is 74.7 Å². The molecule has 1 aliphatic rings. The maximum atomic E-state index is 12.6. The second-order valence-corrected chi connectivity index (χ2v) is 7.20. The zero-order chi connectivity index (χ0) is 15.5. The number of aliphatic hydroxyl groups excluding tert-OH is 1. The predicted molar refractivity (Wildman–Crippen MR) is 79.6 cm³/mol. The van der Waals surface area contributed by atoms with Crippen molar-refractivity contribution in [2.45, 2.75) is 13.0 Å². The second-order valence-electron chi connectivity index (χ2n) is 4.97. The Labute approximate surface area is 124 Å². The molecule has 0 spiro atoms. The summed E-state index contributed by atoms with van der Waals surface area (Å²) < 4.78 is 23.2. The largest absolute Gasteiger partial charge is 0.384 e. The normalized spacial score (nSPS) is 20.5. The molecule has 1 fully saturated rings. The van der Waals surface area contributed by atoms with Crippen molar-refractivity contribution in [1.29, 1.82) is 0 Å². The highest BCUT2D eigenvalue weighted by Crippen LogP contribution is 2.17. The summed E-state index contributed by atoms with van der Waals surface area (Å²) in [6.07, 6.45) is 0. The first kappa shape index (κ1) is 15.5. The van der Waals surface area contributed by atoms with Gasteiger partial charge in [-0.2, -0.15) is 0 Å². The predicted octanol–water partition coefficient (Wildman–Crippen LogP) is 0.289. The molecule has 1 aromatic rings. The maximum Gasteiger partial charge on any atom is 0.255 e. The van der Waals surface area contributed by atoms with Crippen LogP contribution >= 0.6 is 0 Å². The Morgan fingerprint density at radius 3 is 2.81 bits per heavy atom. The monoisotopic (exact) mass is 307 g/mol. The quantitative estimate of drug-likeness (QED) is 0.757. The molecular weight excluding hydrogens is 290 g/mol. The Morgan fingerprint density at radius 2 is 2.14 bits per heavy atom. The summed E-state index contributed by atoms with van der Waals surface area (Å²) in [6.45, 7) is 1.65. The lowest BCUT2D eigenvalue weighted by molar-refractivity contribution is 0.0712. The van der Waals surface area contributed by atoms with Gasteiger partial charge in [0.05, 0.1) is 17.1 Å². The van der Waals surface area contributed by atoms with Gasteiger partial charge in [0.1, 0.15) is 6.61 Å². The van der Waals surface area contributed by atoms with Crippen LogP contribution in [0, 0.1) is 11.8 Å². The Bertz CT molecular complexity index is 700. The van der Waals surface area contributed by atoms with Crippen LogP contribution in [0.15, 0.2) is 24.3 Å². The van der Waals surface area contributed by atoms with Gasteiger partial charge in [0.2, 0.25) is 0 Å². The minimum absolute atomic E-state index is 0.00638. The smallest absolute Gasteiger partial charge is 0.255 e. The van der Waals surface area contributed by atoms with E-state index in [-0.39, 0.29) is 36.6 Å². The van der Waals surface area contributed by atoms with Crippen LogP contribution in [-0.4, -0.2) is 55.0 Å². The molecule has 1 heterocycles. The molecule has 2 rings (SSSR count). The van der Waals surface area contributed by atoms with Crippen molar-refractivity contribution in [1.82, 2.24) is 4.90 Å². The molecule has 1 unspecified atom stereocenters. The lowest BCUT2D eigenvalue weighted by atomic mass is 10.1.